The third-order valence-electron chi connectivity index (χ3n) is 11.9. The Kier molecular flexibility index (Phi) is 8.92. The van der Waals surface area contributed by atoms with Gasteiger partial charge in [-0.05, 0) is 109 Å². The number of benzene rings is 9. The molecule has 1 aliphatic rings. The number of hydrogen-bond acceptors (Lipinski definition) is 1. The monoisotopic (exact) mass is 741 g/mol. The lowest BCUT2D eigenvalue weighted by Gasteiger charge is -2.30. The summed E-state index contributed by atoms with van der Waals surface area (Å²) < 4.78 is 0. The van der Waals surface area contributed by atoms with Crippen LogP contribution in [0, 0.1) is 0 Å². The summed E-state index contributed by atoms with van der Waals surface area (Å²) >= 11 is 0. The van der Waals surface area contributed by atoms with Crippen LogP contribution in [0.3, 0.4) is 0 Å². The molecule has 58 heavy (non-hydrogen) atoms. The molecule has 10 rings (SSSR count). The molecule has 0 atom stereocenters. The van der Waals surface area contributed by atoms with Crippen LogP contribution in [-0.4, -0.2) is 0 Å². The van der Waals surface area contributed by atoms with Crippen LogP contribution >= 0.6 is 0 Å². The molecule has 0 saturated carbocycles. The maximum atomic E-state index is 2.46. The van der Waals surface area contributed by atoms with E-state index in [1.807, 2.05) is 0 Å². The van der Waals surface area contributed by atoms with Crippen LogP contribution in [-0.2, 0) is 5.41 Å². The van der Waals surface area contributed by atoms with Gasteiger partial charge in [-0.1, -0.05) is 202 Å². The van der Waals surface area contributed by atoms with E-state index in [1.165, 1.54) is 77.9 Å². The Balaban J connectivity index is 1.21. The van der Waals surface area contributed by atoms with E-state index in [-0.39, 0.29) is 5.41 Å². The minimum atomic E-state index is -0.0810. The van der Waals surface area contributed by atoms with E-state index in [2.05, 4.69) is 243 Å². The number of anilines is 3. The second-order valence-electron chi connectivity index (χ2n) is 15.7. The molecule has 276 valence electrons. The molecule has 9 aromatic carbocycles. The molecule has 0 heterocycles. The topological polar surface area (TPSA) is 3.24 Å². The lowest BCUT2D eigenvalue weighted by Crippen LogP contribution is -2.15. The fourth-order valence-corrected chi connectivity index (χ4v) is 9.03. The standard InChI is InChI=1S/C57H43N/c1-57(2)53-33-15-14-30-50(53)51-36-35-45(39-54(51)57)44-26-17-28-47(38-44)58(46-27-16-25-43(37-46)40-19-6-3-7-20-40)55-34-18-32-49(42-23-10-5-11-24-42)56(55)52-31-13-12-29-48(52)41-21-8-4-9-22-41/h3-39H,1-2H3. The van der Waals surface area contributed by atoms with Gasteiger partial charge in [-0.3, -0.25) is 0 Å². The molecule has 0 amide bonds. The SMILES string of the molecule is CC1(C)c2ccccc2-c2ccc(-c3cccc(N(c4cccc(-c5ccccc5)c4)c4cccc(-c5ccccc5)c4-c4ccccc4-c4ccccc4)c3)cc21. The summed E-state index contributed by atoms with van der Waals surface area (Å²) in [4.78, 5) is 2.46. The fourth-order valence-electron chi connectivity index (χ4n) is 9.03. The largest absolute Gasteiger partial charge is 0.310 e. The first-order chi connectivity index (χ1) is 28.5. The van der Waals surface area contributed by atoms with Crippen LogP contribution in [0.1, 0.15) is 25.0 Å². The quantitative estimate of drug-likeness (QED) is 0.150. The van der Waals surface area contributed by atoms with Crippen molar-refractivity contribution in [1.82, 2.24) is 0 Å². The Morgan fingerprint density at radius 3 is 1.40 bits per heavy atom. The smallest absolute Gasteiger partial charge is 0.0546 e. The van der Waals surface area contributed by atoms with E-state index >= 15 is 0 Å². The van der Waals surface area contributed by atoms with Crippen molar-refractivity contribution in [3.8, 4) is 66.8 Å². The number of nitrogens with zero attached hydrogens (tertiary/aromatic N) is 1. The molecule has 0 aromatic heterocycles. The van der Waals surface area contributed by atoms with E-state index in [0.717, 1.165) is 17.1 Å². The van der Waals surface area contributed by atoms with Gasteiger partial charge in [0.2, 0.25) is 0 Å². The Bertz CT molecular complexity index is 2910. The van der Waals surface area contributed by atoms with E-state index in [4.69, 9.17) is 0 Å². The summed E-state index contributed by atoms with van der Waals surface area (Å²) in [7, 11) is 0. The molecule has 1 heteroatoms. The first kappa shape index (κ1) is 35.2. The van der Waals surface area contributed by atoms with Gasteiger partial charge in [0.05, 0.1) is 5.69 Å². The number of fused-ring (bicyclic) bond motifs is 3. The van der Waals surface area contributed by atoms with Gasteiger partial charge < -0.3 is 4.90 Å². The maximum absolute atomic E-state index is 2.46. The minimum Gasteiger partial charge on any atom is -0.310 e. The van der Waals surface area contributed by atoms with Crippen molar-refractivity contribution in [3.05, 3.63) is 236 Å². The highest BCUT2D eigenvalue weighted by Crippen LogP contribution is 2.51. The Hall–Kier alpha value is -7.22. The molecule has 0 spiro atoms. The van der Waals surface area contributed by atoms with Crippen LogP contribution < -0.4 is 4.90 Å². The van der Waals surface area contributed by atoms with Crippen LogP contribution in [0.4, 0.5) is 17.1 Å². The van der Waals surface area contributed by atoms with Crippen molar-refractivity contribution in [2.75, 3.05) is 4.90 Å². The van der Waals surface area contributed by atoms with Crippen LogP contribution in [0.2, 0.25) is 0 Å². The van der Waals surface area contributed by atoms with Gasteiger partial charge in [0.25, 0.3) is 0 Å². The van der Waals surface area contributed by atoms with Crippen LogP contribution in [0.25, 0.3) is 66.8 Å². The fraction of sp³-hybridized carbons (Fsp3) is 0.0526. The third kappa shape index (κ3) is 6.22. The zero-order chi connectivity index (χ0) is 39.1. The van der Waals surface area contributed by atoms with Crippen LogP contribution in [0.5, 0.6) is 0 Å². The lowest BCUT2D eigenvalue weighted by atomic mass is 9.81. The molecule has 0 fully saturated rings. The van der Waals surface area contributed by atoms with E-state index in [9.17, 15) is 0 Å². The predicted molar refractivity (Wildman–Crippen MR) is 246 cm³/mol. The van der Waals surface area contributed by atoms with Crippen molar-refractivity contribution in [2.45, 2.75) is 19.3 Å². The molecule has 1 aliphatic carbocycles. The molecule has 0 bridgehead atoms. The van der Waals surface area contributed by atoms with E-state index < -0.39 is 0 Å². The molecule has 0 aliphatic heterocycles. The Labute approximate surface area is 342 Å². The minimum absolute atomic E-state index is 0.0810. The Morgan fingerprint density at radius 1 is 0.293 bits per heavy atom. The van der Waals surface area contributed by atoms with Gasteiger partial charge in [0, 0.05) is 22.4 Å². The maximum Gasteiger partial charge on any atom is 0.0546 e. The van der Waals surface area contributed by atoms with Gasteiger partial charge in [0.1, 0.15) is 0 Å². The highest BCUT2D eigenvalue weighted by atomic mass is 15.1. The van der Waals surface area contributed by atoms with Crippen LogP contribution in [0.15, 0.2) is 224 Å². The normalized spacial score (nSPS) is 12.4. The van der Waals surface area contributed by atoms with Gasteiger partial charge in [-0.15, -0.1) is 0 Å². The molecule has 0 saturated heterocycles. The molecule has 9 aromatic rings. The van der Waals surface area contributed by atoms with Gasteiger partial charge in [-0.25, -0.2) is 0 Å². The van der Waals surface area contributed by atoms with Gasteiger partial charge in [0.15, 0.2) is 0 Å². The number of rotatable bonds is 8. The molecule has 1 nitrogen and oxygen atoms in total. The summed E-state index contributed by atoms with van der Waals surface area (Å²) in [5.74, 6) is 0. The van der Waals surface area contributed by atoms with Crippen molar-refractivity contribution in [3.63, 3.8) is 0 Å². The van der Waals surface area contributed by atoms with Crippen molar-refractivity contribution in [2.24, 2.45) is 0 Å². The van der Waals surface area contributed by atoms with E-state index in [0.29, 0.717) is 0 Å². The summed E-state index contributed by atoms with van der Waals surface area (Å²) in [5.41, 5.74) is 20.5. The van der Waals surface area contributed by atoms with Gasteiger partial charge in [-0.2, -0.15) is 0 Å². The Morgan fingerprint density at radius 2 is 0.741 bits per heavy atom. The number of hydrogen-bond donors (Lipinski definition) is 0. The van der Waals surface area contributed by atoms with E-state index in [1.54, 1.807) is 0 Å². The average molecular weight is 742 g/mol. The highest BCUT2D eigenvalue weighted by Gasteiger charge is 2.35. The summed E-state index contributed by atoms with van der Waals surface area (Å²) in [6.07, 6.45) is 0. The molecular formula is C57H43N. The summed E-state index contributed by atoms with van der Waals surface area (Å²) in [5, 5.41) is 0. The summed E-state index contributed by atoms with van der Waals surface area (Å²) in [6, 6.07) is 81.9. The van der Waals surface area contributed by atoms with Crippen molar-refractivity contribution < 1.29 is 0 Å². The van der Waals surface area contributed by atoms with Crippen molar-refractivity contribution in [1.29, 1.82) is 0 Å². The molecular weight excluding hydrogens is 699 g/mol. The average Bonchev–Trinajstić information content (AvgIpc) is 3.52. The second-order valence-corrected chi connectivity index (χ2v) is 15.7. The zero-order valence-corrected chi connectivity index (χ0v) is 32.8. The first-order valence-corrected chi connectivity index (χ1v) is 20.2. The lowest BCUT2D eigenvalue weighted by molar-refractivity contribution is 0.660. The highest BCUT2D eigenvalue weighted by molar-refractivity contribution is 6.01. The molecule has 0 radical (unpaired) electrons. The zero-order valence-electron chi connectivity index (χ0n) is 32.8. The van der Waals surface area contributed by atoms with Crippen molar-refractivity contribution >= 4 is 17.1 Å². The third-order valence-corrected chi connectivity index (χ3v) is 11.9. The molecule has 0 N–H and O–H groups in total. The second kappa shape index (κ2) is 14.7. The first-order valence-electron chi connectivity index (χ1n) is 20.2. The summed E-state index contributed by atoms with van der Waals surface area (Å²) in [6.45, 7) is 4.71. The predicted octanol–water partition coefficient (Wildman–Crippen LogP) is 15.8. The molecule has 0 unspecified atom stereocenters. The van der Waals surface area contributed by atoms with Gasteiger partial charge >= 0.3 is 0 Å².